The topological polar surface area (TPSA) is 50.7 Å². The molecular formula is C17H16N2O2. The summed E-state index contributed by atoms with van der Waals surface area (Å²) < 4.78 is 6.05. The fourth-order valence-electron chi connectivity index (χ4n) is 3.12. The lowest BCUT2D eigenvalue weighted by atomic mass is 9.85. The zero-order valence-electron chi connectivity index (χ0n) is 11.8. The number of aliphatic imine (C=N–C) groups is 1. The molecule has 4 aliphatic rings. The second-order valence-corrected chi connectivity index (χ2v) is 5.49. The molecule has 0 saturated carbocycles. The predicted octanol–water partition coefficient (Wildman–Crippen LogP) is 2.33. The van der Waals surface area contributed by atoms with E-state index in [9.17, 15) is 4.79 Å². The Morgan fingerprint density at radius 2 is 2.05 bits per heavy atom. The first kappa shape index (κ1) is 12.4. The van der Waals surface area contributed by atoms with Crippen molar-refractivity contribution in [2.24, 2.45) is 4.99 Å². The second-order valence-electron chi connectivity index (χ2n) is 5.49. The number of allylic oxidation sites excluding steroid dienone is 6. The summed E-state index contributed by atoms with van der Waals surface area (Å²) in [4.78, 5) is 17.0. The van der Waals surface area contributed by atoms with E-state index in [1.807, 2.05) is 25.3 Å². The first-order valence-corrected chi connectivity index (χ1v) is 7.23. The molecule has 21 heavy (non-hydrogen) atoms. The maximum absolute atomic E-state index is 12.3. The monoisotopic (exact) mass is 280 g/mol. The molecule has 1 unspecified atom stereocenters. The quantitative estimate of drug-likeness (QED) is 0.750. The highest BCUT2D eigenvalue weighted by Crippen LogP contribution is 2.39. The third-order valence-electron chi connectivity index (χ3n) is 4.24. The van der Waals surface area contributed by atoms with E-state index >= 15 is 0 Å². The molecule has 1 N–H and O–H groups in total. The molecular weight excluding hydrogens is 264 g/mol. The highest BCUT2D eigenvalue weighted by atomic mass is 16.5. The van der Waals surface area contributed by atoms with E-state index in [2.05, 4.69) is 17.5 Å². The van der Waals surface area contributed by atoms with E-state index in [0.29, 0.717) is 6.42 Å². The van der Waals surface area contributed by atoms with Gasteiger partial charge >= 0.3 is 0 Å². The Morgan fingerprint density at radius 3 is 2.86 bits per heavy atom. The van der Waals surface area contributed by atoms with Gasteiger partial charge in [-0.1, -0.05) is 12.2 Å². The van der Waals surface area contributed by atoms with E-state index in [-0.39, 0.29) is 11.9 Å². The molecule has 4 nitrogen and oxygen atoms in total. The largest absolute Gasteiger partial charge is 0.482 e. The number of ether oxygens (including phenoxy) is 1. The third kappa shape index (κ3) is 1.90. The Kier molecular flexibility index (Phi) is 2.70. The maximum Gasteiger partial charge on any atom is 0.167 e. The number of carbonyl (C=O) groups is 1. The molecule has 0 radical (unpaired) electrons. The van der Waals surface area contributed by atoms with Crippen LogP contribution in [0.15, 0.2) is 63.7 Å². The Balaban J connectivity index is 1.76. The van der Waals surface area contributed by atoms with Crippen LogP contribution in [0, 0.1) is 0 Å². The third-order valence-corrected chi connectivity index (χ3v) is 4.24. The molecule has 0 fully saturated rings. The van der Waals surface area contributed by atoms with Gasteiger partial charge in [-0.3, -0.25) is 4.79 Å². The predicted molar refractivity (Wildman–Crippen MR) is 80.6 cm³/mol. The lowest BCUT2D eigenvalue weighted by Crippen LogP contribution is -2.31. The van der Waals surface area contributed by atoms with Crippen molar-refractivity contribution < 1.29 is 9.53 Å². The first-order chi connectivity index (χ1) is 10.3. The van der Waals surface area contributed by atoms with Gasteiger partial charge in [-0.05, 0) is 36.6 Å². The number of ketones is 1. The van der Waals surface area contributed by atoms with Crippen molar-refractivity contribution in [2.75, 3.05) is 7.05 Å². The van der Waals surface area contributed by atoms with Gasteiger partial charge in [0, 0.05) is 18.3 Å². The van der Waals surface area contributed by atoms with Gasteiger partial charge in [0.1, 0.15) is 11.5 Å². The summed E-state index contributed by atoms with van der Waals surface area (Å²) in [6.45, 7) is 0. The Hall–Kier alpha value is -2.36. The van der Waals surface area contributed by atoms with Crippen molar-refractivity contribution in [3.05, 3.63) is 58.7 Å². The summed E-state index contributed by atoms with van der Waals surface area (Å²) >= 11 is 0. The van der Waals surface area contributed by atoms with Gasteiger partial charge < -0.3 is 10.1 Å². The molecule has 0 bridgehead atoms. The summed E-state index contributed by atoms with van der Waals surface area (Å²) in [5.74, 6) is 0.903. The Morgan fingerprint density at radius 1 is 1.24 bits per heavy atom. The number of hydrogen-bond donors (Lipinski definition) is 1. The van der Waals surface area contributed by atoms with E-state index in [4.69, 9.17) is 9.73 Å². The lowest BCUT2D eigenvalue weighted by molar-refractivity contribution is -0.116. The standard InChI is InChI=1S/C17H16N2O2/c1-18-10-6-7-13-15(8-10)21-16-9-14(20)11-4-2-3-5-12(11)17(16)19-13/h2-3,6-8,15,18H,4-5,9H2,1H3. The molecule has 0 spiro atoms. The van der Waals surface area contributed by atoms with Crippen LogP contribution in [-0.4, -0.2) is 24.6 Å². The van der Waals surface area contributed by atoms with Crippen LogP contribution in [0.4, 0.5) is 0 Å². The minimum absolute atomic E-state index is 0.177. The van der Waals surface area contributed by atoms with Crippen LogP contribution in [-0.2, 0) is 9.53 Å². The van der Waals surface area contributed by atoms with Gasteiger partial charge in [-0.25, -0.2) is 4.99 Å². The molecule has 0 aromatic heterocycles. The van der Waals surface area contributed by atoms with Gasteiger partial charge in [-0.15, -0.1) is 0 Å². The van der Waals surface area contributed by atoms with Crippen molar-refractivity contribution in [3.63, 3.8) is 0 Å². The first-order valence-electron chi connectivity index (χ1n) is 7.23. The Labute approximate surface area is 123 Å². The second kappa shape index (κ2) is 4.58. The Bertz CT molecular complexity index is 717. The highest BCUT2D eigenvalue weighted by molar-refractivity contribution is 6.05. The lowest BCUT2D eigenvalue weighted by Gasteiger charge is -2.32. The maximum atomic E-state index is 12.3. The van der Waals surface area contributed by atoms with Crippen LogP contribution in [0.1, 0.15) is 19.3 Å². The van der Waals surface area contributed by atoms with Gasteiger partial charge in [0.05, 0.1) is 12.1 Å². The number of carbonyl (C=O) groups excluding carboxylic acids is 1. The van der Waals surface area contributed by atoms with Gasteiger partial charge in [0.15, 0.2) is 11.9 Å². The van der Waals surface area contributed by atoms with Gasteiger partial charge in [0.2, 0.25) is 0 Å². The van der Waals surface area contributed by atoms with Crippen LogP contribution in [0.2, 0.25) is 0 Å². The number of rotatable bonds is 1. The number of fused-ring (bicyclic) bond motifs is 2. The van der Waals surface area contributed by atoms with E-state index in [1.54, 1.807) is 0 Å². The van der Waals surface area contributed by atoms with Crippen molar-refractivity contribution in [3.8, 4) is 0 Å². The summed E-state index contributed by atoms with van der Waals surface area (Å²) in [6.07, 6.45) is 11.8. The SMILES string of the molecule is CNC1=CC2OC3=C(N=C2C=C1)C1=C(CC=CC1)C(=O)C3. The molecule has 0 amide bonds. The molecule has 3 aliphatic carbocycles. The van der Waals surface area contributed by atoms with Gasteiger partial charge in [0.25, 0.3) is 0 Å². The number of nitrogens with zero attached hydrogens (tertiary/aromatic N) is 1. The van der Waals surface area contributed by atoms with Crippen molar-refractivity contribution in [1.29, 1.82) is 0 Å². The van der Waals surface area contributed by atoms with Crippen LogP contribution in [0.5, 0.6) is 0 Å². The number of Topliss-reactive ketones (excluding diaryl/α,β-unsaturated/α-hetero) is 1. The van der Waals surface area contributed by atoms with E-state index < -0.39 is 0 Å². The minimum Gasteiger partial charge on any atom is -0.482 e. The molecule has 4 heteroatoms. The van der Waals surface area contributed by atoms with Crippen molar-refractivity contribution >= 4 is 11.5 Å². The van der Waals surface area contributed by atoms with Crippen LogP contribution >= 0.6 is 0 Å². The van der Waals surface area contributed by atoms with Crippen molar-refractivity contribution in [2.45, 2.75) is 25.4 Å². The summed E-state index contributed by atoms with van der Waals surface area (Å²) in [5, 5.41) is 3.10. The summed E-state index contributed by atoms with van der Waals surface area (Å²) in [7, 11) is 1.88. The number of likely N-dealkylation sites (N-methyl/N-ethyl adjacent to an activating group) is 1. The zero-order chi connectivity index (χ0) is 14.4. The fraction of sp³-hybridized carbons (Fsp3) is 0.294. The highest BCUT2D eigenvalue weighted by Gasteiger charge is 2.34. The normalized spacial score (nSPS) is 26.5. The molecule has 0 aromatic rings. The summed E-state index contributed by atoms with van der Waals surface area (Å²) in [6, 6.07) is 0. The molecule has 0 aromatic carbocycles. The minimum atomic E-state index is -0.190. The molecule has 1 heterocycles. The van der Waals surface area contributed by atoms with Crippen LogP contribution in [0.3, 0.4) is 0 Å². The average molecular weight is 280 g/mol. The average Bonchev–Trinajstić information content (AvgIpc) is 2.53. The van der Waals surface area contributed by atoms with Gasteiger partial charge in [-0.2, -0.15) is 0 Å². The smallest absolute Gasteiger partial charge is 0.167 e. The van der Waals surface area contributed by atoms with E-state index in [0.717, 1.165) is 46.9 Å². The molecule has 106 valence electrons. The van der Waals surface area contributed by atoms with Crippen LogP contribution < -0.4 is 5.32 Å². The number of hydrogen-bond acceptors (Lipinski definition) is 4. The van der Waals surface area contributed by atoms with E-state index in [1.165, 1.54) is 0 Å². The van der Waals surface area contributed by atoms with Crippen LogP contribution in [0.25, 0.3) is 0 Å². The fourth-order valence-corrected chi connectivity index (χ4v) is 3.12. The zero-order valence-corrected chi connectivity index (χ0v) is 11.8. The summed E-state index contributed by atoms with van der Waals surface area (Å²) in [5.41, 5.74) is 4.75. The molecule has 4 rings (SSSR count). The molecule has 1 aliphatic heterocycles. The number of nitrogens with one attached hydrogen (secondary N) is 1. The molecule has 0 saturated heterocycles. The molecule has 1 atom stereocenters. The van der Waals surface area contributed by atoms with Crippen molar-refractivity contribution in [1.82, 2.24) is 5.32 Å².